The number of rotatable bonds is 5. The number of hydrogen-bond acceptors (Lipinski definition) is 4. The first-order valence-corrected chi connectivity index (χ1v) is 6.15. The van der Waals surface area contributed by atoms with Gasteiger partial charge in [0.05, 0.1) is 0 Å². The van der Waals surface area contributed by atoms with Crippen LogP contribution in [0.15, 0.2) is 30.3 Å². The minimum absolute atomic E-state index is 0. The number of hydrogen-bond donors (Lipinski definition) is 2. The molecule has 1 fully saturated rings. The summed E-state index contributed by atoms with van der Waals surface area (Å²) in [5.41, 5.74) is 5.75. The van der Waals surface area contributed by atoms with Gasteiger partial charge in [0.25, 0.3) is 5.91 Å². The van der Waals surface area contributed by atoms with Crippen LogP contribution < -0.4 is 5.73 Å². The second-order valence-electron chi connectivity index (χ2n) is 4.41. The topological polar surface area (TPSA) is 104 Å². The van der Waals surface area contributed by atoms with E-state index in [-0.39, 0.29) is 32.0 Å². The SMILES string of the molecule is Cl.NCCN1CC(=O)N(C(C(=O)O)c2ccccc2)C1=O. The quantitative estimate of drug-likeness (QED) is 0.768. The molecule has 1 aliphatic rings. The number of benzene rings is 1. The van der Waals surface area contributed by atoms with Crippen LogP contribution in [0.4, 0.5) is 4.79 Å². The molecule has 0 aliphatic carbocycles. The Kier molecular flexibility index (Phi) is 5.69. The molecule has 0 saturated carbocycles. The van der Waals surface area contributed by atoms with E-state index >= 15 is 0 Å². The maximum absolute atomic E-state index is 12.1. The Balaban J connectivity index is 0.00000220. The van der Waals surface area contributed by atoms with Gasteiger partial charge in [0.2, 0.25) is 0 Å². The third-order valence-electron chi connectivity index (χ3n) is 3.08. The fourth-order valence-electron chi connectivity index (χ4n) is 2.19. The number of nitrogens with zero attached hydrogens (tertiary/aromatic N) is 2. The molecule has 0 bridgehead atoms. The zero-order chi connectivity index (χ0) is 14.7. The highest BCUT2D eigenvalue weighted by atomic mass is 35.5. The van der Waals surface area contributed by atoms with Gasteiger partial charge in [-0.25, -0.2) is 14.5 Å². The highest BCUT2D eigenvalue weighted by Gasteiger charge is 2.43. The molecule has 0 aromatic heterocycles. The van der Waals surface area contributed by atoms with Crippen molar-refractivity contribution < 1.29 is 19.5 Å². The van der Waals surface area contributed by atoms with Crippen molar-refractivity contribution in [1.29, 1.82) is 0 Å². The molecule has 8 heteroatoms. The molecule has 1 aromatic carbocycles. The fraction of sp³-hybridized carbons (Fsp3) is 0.308. The Hall–Kier alpha value is -2.12. The highest BCUT2D eigenvalue weighted by molar-refractivity contribution is 6.05. The van der Waals surface area contributed by atoms with Crippen LogP contribution in [-0.4, -0.2) is 52.4 Å². The number of carbonyl (C=O) groups is 3. The number of carboxylic acid groups (broad SMARTS) is 1. The predicted octanol–water partition coefficient (Wildman–Crippen LogP) is 0.457. The molecule has 7 nitrogen and oxygen atoms in total. The minimum Gasteiger partial charge on any atom is -0.479 e. The summed E-state index contributed by atoms with van der Waals surface area (Å²) in [6.45, 7) is 0.310. The molecule has 21 heavy (non-hydrogen) atoms. The minimum atomic E-state index is -1.31. The lowest BCUT2D eigenvalue weighted by molar-refractivity contribution is -0.146. The summed E-state index contributed by atoms with van der Waals surface area (Å²) in [6, 6.07) is 6.28. The summed E-state index contributed by atoms with van der Waals surface area (Å²) >= 11 is 0. The number of nitrogens with two attached hydrogens (primary N) is 1. The van der Waals surface area contributed by atoms with Crippen LogP contribution in [-0.2, 0) is 9.59 Å². The average Bonchev–Trinajstić information content (AvgIpc) is 2.68. The van der Waals surface area contributed by atoms with Gasteiger partial charge in [-0.05, 0) is 5.56 Å². The molecule has 3 amide bonds. The van der Waals surface area contributed by atoms with E-state index in [1.54, 1.807) is 30.3 Å². The number of amides is 3. The van der Waals surface area contributed by atoms with Gasteiger partial charge in [0.15, 0.2) is 6.04 Å². The van der Waals surface area contributed by atoms with E-state index in [4.69, 9.17) is 5.73 Å². The van der Waals surface area contributed by atoms with E-state index < -0.39 is 23.9 Å². The number of carboxylic acids is 1. The zero-order valence-corrected chi connectivity index (χ0v) is 12.0. The molecule has 1 saturated heterocycles. The lowest BCUT2D eigenvalue weighted by Crippen LogP contribution is -2.40. The van der Waals surface area contributed by atoms with E-state index in [9.17, 15) is 19.5 Å². The first-order valence-electron chi connectivity index (χ1n) is 6.15. The van der Waals surface area contributed by atoms with Crippen molar-refractivity contribution in [3.05, 3.63) is 35.9 Å². The second-order valence-corrected chi connectivity index (χ2v) is 4.41. The van der Waals surface area contributed by atoms with Crippen LogP contribution in [0.5, 0.6) is 0 Å². The van der Waals surface area contributed by atoms with Crippen molar-refractivity contribution in [3.8, 4) is 0 Å². The Morgan fingerprint density at radius 1 is 1.29 bits per heavy atom. The van der Waals surface area contributed by atoms with Crippen molar-refractivity contribution in [2.75, 3.05) is 19.6 Å². The maximum Gasteiger partial charge on any atom is 0.331 e. The molecule has 1 atom stereocenters. The summed E-state index contributed by atoms with van der Waals surface area (Å²) in [6.07, 6.45) is 0. The van der Waals surface area contributed by atoms with Crippen molar-refractivity contribution in [1.82, 2.24) is 9.80 Å². The fourth-order valence-corrected chi connectivity index (χ4v) is 2.19. The van der Waals surface area contributed by atoms with Crippen LogP contribution in [0.2, 0.25) is 0 Å². The molecule has 1 aliphatic heterocycles. The van der Waals surface area contributed by atoms with Gasteiger partial charge in [-0.3, -0.25) is 4.79 Å². The van der Waals surface area contributed by atoms with Crippen LogP contribution >= 0.6 is 12.4 Å². The van der Waals surface area contributed by atoms with Crippen LogP contribution in [0, 0.1) is 0 Å². The van der Waals surface area contributed by atoms with E-state index in [1.165, 1.54) is 4.90 Å². The van der Waals surface area contributed by atoms with Gasteiger partial charge < -0.3 is 15.7 Å². The zero-order valence-electron chi connectivity index (χ0n) is 11.1. The van der Waals surface area contributed by atoms with Crippen molar-refractivity contribution >= 4 is 30.3 Å². The number of halogens is 1. The van der Waals surface area contributed by atoms with Gasteiger partial charge in [-0.1, -0.05) is 30.3 Å². The Morgan fingerprint density at radius 3 is 2.43 bits per heavy atom. The van der Waals surface area contributed by atoms with Gasteiger partial charge >= 0.3 is 12.0 Å². The standard InChI is InChI=1S/C13H15N3O4.ClH/c14-6-7-15-8-10(17)16(13(15)20)11(12(18)19)9-4-2-1-3-5-9;/h1-5,11H,6-8,14H2,(H,18,19);1H. The molecule has 114 valence electrons. The van der Waals surface area contributed by atoms with Crippen LogP contribution in [0.3, 0.4) is 0 Å². The summed E-state index contributed by atoms with van der Waals surface area (Å²) in [5, 5.41) is 9.35. The number of aliphatic carboxylic acids is 1. The molecule has 2 rings (SSSR count). The second kappa shape index (κ2) is 7.05. The van der Waals surface area contributed by atoms with E-state index in [2.05, 4.69) is 0 Å². The molecule has 3 N–H and O–H groups in total. The van der Waals surface area contributed by atoms with E-state index in [0.29, 0.717) is 5.56 Å². The van der Waals surface area contributed by atoms with Crippen LogP contribution in [0.1, 0.15) is 11.6 Å². The molecule has 1 unspecified atom stereocenters. The summed E-state index contributed by atoms with van der Waals surface area (Å²) in [5.74, 6) is -1.77. The van der Waals surface area contributed by atoms with Crippen molar-refractivity contribution in [2.45, 2.75) is 6.04 Å². The summed E-state index contributed by atoms with van der Waals surface area (Å²) in [7, 11) is 0. The predicted molar refractivity (Wildman–Crippen MR) is 76.9 cm³/mol. The van der Waals surface area contributed by atoms with Crippen LogP contribution in [0.25, 0.3) is 0 Å². The lowest BCUT2D eigenvalue weighted by atomic mass is 10.1. The number of imide groups is 1. The molecule has 1 heterocycles. The first kappa shape index (κ1) is 16.9. The first-order chi connectivity index (χ1) is 9.56. The normalized spacial score (nSPS) is 15.9. The van der Waals surface area contributed by atoms with Crippen molar-refractivity contribution in [3.63, 3.8) is 0 Å². The van der Waals surface area contributed by atoms with Gasteiger partial charge in [-0.15, -0.1) is 12.4 Å². The molecular weight excluding hydrogens is 298 g/mol. The largest absolute Gasteiger partial charge is 0.479 e. The summed E-state index contributed by atoms with van der Waals surface area (Å²) < 4.78 is 0. The molecule has 1 aromatic rings. The number of carbonyl (C=O) groups excluding carboxylic acids is 2. The Bertz CT molecular complexity index is 537. The van der Waals surface area contributed by atoms with E-state index in [0.717, 1.165) is 4.90 Å². The molecule has 0 spiro atoms. The Morgan fingerprint density at radius 2 is 1.90 bits per heavy atom. The third kappa shape index (κ3) is 3.32. The average molecular weight is 314 g/mol. The maximum atomic E-state index is 12.1. The van der Waals surface area contributed by atoms with Gasteiger partial charge in [0.1, 0.15) is 6.54 Å². The summed E-state index contributed by atoms with van der Waals surface area (Å²) in [4.78, 5) is 37.6. The van der Waals surface area contributed by atoms with E-state index in [1.807, 2.05) is 0 Å². The smallest absolute Gasteiger partial charge is 0.331 e. The van der Waals surface area contributed by atoms with Gasteiger partial charge in [0, 0.05) is 13.1 Å². The highest BCUT2D eigenvalue weighted by Crippen LogP contribution is 2.26. The third-order valence-corrected chi connectivity index (χ3v) is 3.08. The Labute approximate surface area is 127 Å². The van der Waals surface area contributed by atoms with Gasteiger partial charge in [-0.2, -0.15) is 0 Å². The van der Waals surface area contributed by atoms with Crippen molar-refractivity contribution in [2.24, 2.45) is 5.73 Å². The lowest BCUT2D eigenvalue weighted by Gasteiger charge is -2.23. The molecule has 0 radical (unpaired) electrons. The monoisotopic (exact) mass is 313 g/mol. The molecular formula is C13H16ClN3O4. The number of urea groups is 1.